The number of imide groups is 1. The zero-order valence-electron chi connectivity index (χ0n) is 16.9. The molecule has 0 aromatic heterocycles. The van der Waals surface area contributed by atoms with Crippen LogP contribution in [0.3, 0.4) is 0 Å². The number of urea groups is 1. The molecule has 0 radical (unpaired) electrons. The minimum atomic E-state index is -1.16. The van der Waals surface area contributed by atoms with Crippen LogP contribution >= 0.6 is 0 Å². The summed E-state index contributed by atoms with van der Waals surface area (Å²) >= 11 is 0. The van der Waals surface area contributed by atoms with Crippen LogP contribution in [0.15, 0.2) is 54.6 Å². The van der Waals surface area contributed by atoms with Gasteiger partial charge in [0.1, 0.15) is 12.3 Å². The van der Waals surface area contributed by atoms with Gasteiger partial charge in [-0.3, -0.25) is 14.5 Å². The topological polar surface area (TPSA) is 87.7 Å². The lowest BCUT2D eigenvalue weighted by molar-refractivity contribution is -0.136. The van der Waals surface area contributed by atoms with Crippen LogP contribution in [0.5, 0.6) is 5.75 Å². The van der Waals surface area contributed by atoms with Crippen molar-refractivity contribution in [3.8, 4) is 5.75 Å². The largest absolute Gasteiger partial charge is 0.493 e. The van der Waals surface area contributed by atoms with Crippen molar-refractivity contribution in [3.63, 3.8) is 0 Å². The molecule has 2 atom stereocenters. The molecule has 2 N–H and O–H groups in total. The fourth-order valence-corrected chi connectivity index (χ4v) is 4.08. The lowest BCUT2D eigenvalue weighted by Gasteiger charge is -2.33. The van der Waals surface area contributed by atoms with Crippen molar-refractivity contribution >= 4 is 17.8 Å². The Balaban J connectivity index is 1.39. The summed E-state index contributed by atoms with van der Waals surface area (Å²) in [5.74, 6) is -0.176. The molecule has 1 spiro atoms. The molecule has 2 aliphatic heterocycles. The second kappa shape index (κ2) is 8.18. The third kappa shape index (κ3) is 3.75. The molecule has 2 aromatic rings. The highest BCUT2D eigenvalue weighted by atomic mass is 16.5. The number of fused-ring (bicyclic) bond motifs is 2. The van der Waals surface area contributed by atoms with Crippen molar-refractivity contribution in [3.05, 3.63) is 65.7 Å². The van der Waals surface area contributed by atoms with Gasteiger partial charge < -0.3 is 15.4 Å². The van der Waals surface area contributed by atoms with Gasteiger partial charge in [0.15, 0.2) is 5.54 Å². The molecular formula is C23H25N3O4. The van der Waals surface area contributed by atoms with E-state index in [2.05, 4.69) is 10.6 Å². The van der Waals surface area contributed by atoms with Gasteiger partial charge in [0, 0.05) is 18.0 Å². The summed E-state index contributed by atoms with van der Waals surface area (Å²) in [7, 11) is 0. The minimum absolute atomic E-state index is 0.0729. The van der Waals surface area contributed by atoms with Crippen LogP contribution in [0.25, 0.3) is 0 Å². The molecule has 7 heteroatoms. The fraction of sp³-hybridized carbons (Fsp3) is 0.348. The highest BCUT2D eigenvalue weighted by Crippen LogP contribution is 2.40. The molecule has 2 heterocycles. The highest BCUT2D eigenvalue weighted by Gasteiger charge is 2.55. The van der Waals surface area contributed by atoms with E-state index in [1.165, 1.54) is 5.56 Å². The average Bonchev–Trinajstić information content (AvgIpc) is 2.98. The maximum atomic E-state index is 13.2. The van der Waals surface area contributed by atoms with Crippen LogP contribution in [-0.2, 0) is 21.5 Å². The quantitative estimate of drug-likeness (QED) is 0.720. The Morgan fingerprint density at radius 2 is 1.90 bits per heavy atom. The number of hydrogen-bond acceptors (Lipinski definition) is 4. The van der Waals surface area contributed by atoms with Crippen molar-refractivity contribution in [2.75, 3.05) is 13.2 Å². The number of benzene rings is 2. The molecule has 4 rings (SSSR count). The van der Waals surface area contributed by atoms with Crippen molar-refractivity contribution < 1.29 is 19.1 Å². The predicted molar refractivity (Wildman–Crippen MR) is 111 cm³/mol. The maximum Gasteiger partial charge on any atom is 0.325 e. The first kappa shape index (κ1) is 19.9. The van der Waals surface area contributed by atoms with E-state index in [1.54, 1.807) is 18.2 Å². The summed E-state index contributed by atoms with van der Waals surface area (Å²) in [5, 5.41) is 5.70. The number of carbonyl (C=O) groups is 3. The number of nitrogens with one attached hydrogen (secondary N) is 2. The number of carbonyl (C=O) groups excluding carboxylic acids is 3. The Hall–Kier alpha value is -3.35. The van der Waals surface area contributed by atoms with Gasteiger partial charge in [-0.15, -0.1) is 0 Å². The molecule has 30 heavy (non-hydrogen) atoms. The van der Waals surface area contributed by atoms with E-state index in [0.29, 0.717) is 24.3 Å². The van der Waals surface area contributed by atoms with E-state index in [1.807, 2.05) is 43.3 Å². The predicted octanol–water partition coefficient (Wildman–Crippen LogP) is 2.35. The zero-order valence-corrected chi connectivity index (χ0v) is 16.9. The van der Waals surface area contributed by atoms with Crippen LogP contribution < -0.4 is 15.4 Å². The Bertz CT molecular complexity index is 962. The SMILES string of the molecule is C[C@H](CCc1ccccc1)NC(=O)CN1C(=O)N[C@]2(CCOc3ccccc32)C1=O. The molecule has 1 saturated heterocycles. The van der Waals surface area contributed by atoms with Crippen LogP contribution in [-0.4, -0.2) is 41.9 Å². The lowest BCUT2D eigenvalue weighted by atomic mass is 9.84. The summed E-state index contributed by atoms with van der Waals surface area (Å²) in [4.78, 5) is 39.3. The Labute approximate surface area is 175 Å². The summed E-state index contributed by atoms with van der Waals surface area (Å²) in [6.45, 7) is 1.94. The third-order valence-corrected chi connectivity index (χ3v) is 5.68. The maximum absolute atomic E-state index is 13.2. The second-order valence-electron chi connectivity index (χ2n) is 7.81. The standard InChI is InChI=1S/C23H25N3O4/c1-16(11-12-17-7-3-2-4-8-17)24-20(27)15-26-21(28)23(25-22(26)29)13-14-30-19-10-6-5-9-18(19)23/h2-10,16H,11-15H2,1H3,(H,24,27)(H,25,29)/t16-,23+/m1/s1. The van der Waals surface area contributed by atoms with Gasteiger partial charge >= 0.3 is 6.03 Å². The number of para-hydroxylation sites is 1. The smallest absolute Gasteiger partial charge is 0.325 e. The van der Waals surface area contributed by atoms with Crippen LogP contribution in [0.4, 0.5) is 4.79 Å². The van der Waals surface area contributed by atoms with Gasteiger partial charge in [0.05, 0.1) is 6.61 Å². The first-order chi connectivity index (χ1) is 14.5. The molecule has 4 amide bonds. The van der Waals surface area contributed by atoms with Crippen LogP contribution in [0.2, 0.25) is 0 Å². The molecule has 0 bridgehead atoms. The number of ether oxygens (including phenoxy) is 1. The van der Waals surface area contributed by atoms with Gasteiger partial charge in [0.25, 0.3) is 5.91 Å². The first-order valence-electron chi connectivity index (χ1n) is 10.2. The van der Waals surface area contributed by atoms with E-state index in [9.17, 15) is 14.4 Å². The molecule has 0 aliphatic carbocycles. The molecule has 1 fully saturated rings. The van der Waals surface area contributed by atoms with Gasteiger partial charge in [-0.25, -0.2) is 4.79 Å². The number of hydrogen-bond donors (Lipinski definition) is 2. The fourth-order valence-electron chi connectivity index (χ4n) is 4.08. The zero-order chi connectivity index (χ0) is 21.1. The lowest BCUT2D eigenvalue weighted by Crippen LogP contribution is -2.48. The number of aryl methyl sites for hydroxylation is 1. The van der Waals surface area contributed by atoms with Gasteiger partial charge in [0.2, 0.25) is 5.91 Å². The molecule has 2 aromatic carbocycles. The number of nitrogens with zero attached hydrogens (tertiary/aromatic N) is 1. The first-order valence-corrected chi connectivity index (χ1v) is 10.2. The van der Waals surface area contributed by atoms with E-state index < -0.39 is 17.5 Å². The molecule has 7 nitrogen and oxygen atoms in total. The van der Waals surface area contributed by atoms with Crippen molar-refractivity contribution in [1.82, 2.24) is 15.5 Å². The van der Waals surface area contributed by atoms with Gasteiger partial charge in [-0.05, 0) is 31.4 Å². The van der Waals surface area contributed by atoms with Gasteiger partial charge in [-0.1, -0.05) is 48.5 Å². The van der Waals surface area contributed by atoms with Crippen molar-refractivity contribution in [1.29, 1.82) is 0 Å². The summed E-state index contributed by atoms with van der Waals surface area (Å²) in [5.41, 5.74) is 0.673. The molecule has 2 aliphatic rings. The number of amides is 4. The van der Waals surface area contributed by atoms with Crippen LogP contribution in [0, 0.1) is 0 Å². The summed E-state index contributed by atoms with van der Waals surface area (Å²) in [6, 6.07) is 16.6. The van der Waals surface area contributed by atoms with E-state index in [0.717, 1.165) is 17.7 Å². The molecular weight excluding hydrogens is 382 g/mol. The normalized spacial score (nSPS) is 21.0. The third-order valence-electron chi connectivity index (χ3n) is 5.68. The molecule has 0 unspecified atom stereocenters. The summed E-state index contributed by atoms with van der Waals surface area (Å²) in [6.07, 6.45) is 1.94. The van der Waals surface area contributed by atoms with Crippen molar-refractivity contribution in [2.24, 2.45) is 0 Å². The monoisotopic (exact) mass is 407 g/mol. The molecule has 156 valence electrons. The number of rotatable bonds is 6. The van der Waals surface area contributed by atoms with Crippen molar-refractivity contribution in [2.45, 2.75) is 37.8 Å². The highest BCUT2D eigenvalue weighted by molar-refractivity contribution is 6.09. The van der Waals surface area contributed by atoms with E-state index in [-0.39, 0.29) is 18.5 Å². The second-order valence-corrected chi connectivity index (χ2v) is 7.81. The molecule has 0 saturated carbocycles. The Morgan fingerprint density at radius 3 is 2.70 bits per heavy atom. The minimum Gasteiger partial charge on any atom is -0.493 e. The van der Waals surface area contributed by atoms with E-state index >= 15 is 0 Å². The summed E-state index contributed by atoms with van der Waals surface area (Å²) < 4.78 is 5.62. The van der Waals surface area contributed by atoms with E-state index in [4.69, 9.17) is 4.74 Å². The van der Waals surface area contributed by atoms with Crippen LogP contribution in [0.1, 0.15) is 30.9 Å². The average molecular weight is 407 g/mol. The Kier molecular flexibility index (Phi) is 5.44. The van der Waals surface area contributed by atoms with Gasteiger partial charge in [-0.2, -0.15) is 0 Å². The Morgan fingerprint density at radius 1 is 1.17 bits per heavy atom.